The van der Waals surface area contributed by atoms with Crippen LogP contribution in [0.5, 0.6) is 11.5 Å². The van der Waals surface area contributed by atoms with Gasteiger partial charge in [-0.1, -0.05) is 13.8 Å². The van der Waals surface area contributed by atoms with Crippen molar-refractivity contribution in [3.8, 4) is 11.5 Å². The van der Waals surface area contributed by atoms with Gasteiger partial charge in [-0.05, 0) is 23.6 Å². The molecule has 0 amide bonds. The molecule has 0 radical (unpaired) electrons. The molecule has 4 N–H and O–H groups in total. The van der Waals surface area contributed by atoms with Gasteiger partial charge in [-0.2, -0.15) is 4.98 Å². The summed E-state index contributed by atoms with van der Waals surface area (Å²) in [7, 11) is -7.45. The minimum Gasteiger partial charge on any atom is -0.452 e. The molecule has 0 saturated heterocycles. The van der Waals surface area contributed by atoms with Crippen molar-refractivity contribution in [3.05, 3.63) is 30.1 Å². The van der Waals surface area contributed by atoms with E-state index in [2.05, 4.69) is 9.97 Å². The summed E-state index contributed by atoms with van der Waals surface area (Å²) >= 11 is 0. The first kappa shape index (κ1) is 20.9. The second-order valence-electron chi connectivity index (χ2n) is 6.97. The number of nitrogen functional groups attached to an aromatic ring is 2. The van der Waals surface area contributed by atoms with Crippen LogP contribution in [0.1, 0.15) is 25.3 Å². The highest BCUT2D eigenvalue weighted by atomic mass is 32.2. The van der Waals surface area contributed by atoms with Crippen LogP contribution in [0, 0.1) is 0 Å². The Hall–Kier alpha value is -2.86. The second kappa shape index (κ2) is 6.88. The third-order valence-electron chi connectivity index (χ3n) is 4.27. The van der Waals surface area contributed by atoms with Gasteiger partial charge in [-0.3, -0.25) is 0 Å². The Kier molecular flexibility index (Phi) is 4.95. The molecule has 3 aromatic rings. The van der Waals surface area contributed by atoms with Crippen LogP contribution in [0.2, 0.25) is 0 Å². The third-order valence-corrected chi connectivity index (χ3v) is 6.41. The first-order valence-corrected chi connectivity index (χ1v) is 12.2. The van der Waals surface area contributed by atoms with Crippen molar-refractivity contribution >= 4 is 42.5 Å². The molecule has 2 aromatic heterocycles. The molecule has 0 unspecified atom stereocenters. The van der Waals surface area contributed by atoms with Crippen LogP contribution < -0.4 is 16.2 Å². The van der Waals surface area contributed by atoms with E-state index in [0.717, 1.165) is 22.7 Å². The standard InChI is InChI=1S/C17H21N5O5S2/c1-9(2)10-5-12-11(15(28(3,23)24)8-22(12)29(4,25)26)6-13(10)27-14-7-20-17(19)21-16(14)18/h5-9H,1-4H3,(H4,18,19,20,21). The number of hydrogen-bond acceptors (Lipinski definition) is 9. The number of ether oxygens (including phenoxy) is 1. The lowest BCUT2D eigenvalue weighted by Crippen LogP contribution is -2.09. The molecule has 0 saturated carbocycles. The highest BCUT2D eigenvalue weighted by Gasteiger charge is 2.24. The average molecular weight is 440 g/mol. The van der Waals surface area contributed by atoms with E-state index in [4.69, 9.17) is 16.2 Å². The topological polar surface area (TPSA) is 160 Å². The Balaban J connectivity index is 2.34. The fourth-order valence-electron chi connectivity index (χ4n) is 2.91. The average Bonchev–Trinajstić information content (AvgIpc) is 2.95. The fraction of sp³-hybridized carbons (Fsp3) is 0.294. The summed E-state index contributed by atoms with van der Waals surface area (Å²) in [4.78, 5) is 7.56. The molecule has 0 bridgehead atoms. The van der Waals surface area contributed by atoms with Gasteiger partial charge in [0.25, 0.3) is 0 Å². The Morgan fingerprint density at radius 2 is 1.72 bits per heavy atom. The molecule has 2 heterocycles. The molecule has 12 heteroatoms. The van der Waals surface area contributed by atoms with Crippen molar-refractivity contribution < 1.29 is 21.6 Å². The molecule has 1 aromatic carbocycles. The number of rotatable bonds is 5. The van der Waals surface area contributed by atoms with Crippen molar-refractivity contribution in [2.75, 3.05) is 24.0 Å². The molecule has 0 aliphatic carbocycles. The summed E-state index contributed by atoms with van der Waals surface area (Å²) in [6.07, 6.45) is 4.43. The van der Waals surface area contributed by atoms with Gasteiger partial charge in [0.2, 0.25) is 16.0 Å². The number of hydrogen-bond donors (Lipinski definition) is 2. The zero-order valence-corrected chi connectivity index (χ0v) is 17.9. The Morgan fingerprint density at radius 1 is 1.07 bits per heavy atom. The van der Waals surface area contributed by atoms with Crippen molar-refractivity contribution in [2.24, 2.45) is 0 Å². The van der Waals surface area contributed by atoms with Gasteiger partial charge in [0.15, 0.2) is 21.4 Å². The maximum absolute atomic E-state index is 12.3. The first-order chi connectivity index (χ1) is 13.3. The van der Waals surface area contributed by atoms with Crippen molar-refractivity contribution in [3.63, 3.8) is 0 Å². The van der Waals surface area contributed by atoms with Gasteiger partial charge in [-0.25, -0.2) is 25.8 Å². The molecule has 156 valence electrons. The normalized spacial score (nSPS) is 12.6. The lowest BCUT2D eigenvalue weighted by molar-refractivity contribution is 0.472. The SMILES string of the molecule is CC(C)c1cc2c(cc1Oc1cnc(N)nc1N)c(S(C)(=O)=O)cn2S(C)(=O)=O. The van der Waals surface area contributed by atoms with Gasteiger partial charge >= 0.3 is 0 Å². The molecule has 29 heavy (non-hydrogen) atoms. The molecule has 0 atom stereocenters. The molecular formula is C17H21N5O5S2. The minimum absolute atomic E-state index is 0.0148. The van der Waals surface area contributed by atoms with Gasteiger partial charge in [0, 0.05) is 17.8 Å². The zero-order valence-electron chi connectivity index (χ0n) is 16.2. The Morgan fingerprint density at radius 3 is 2.24 bits per heavy atom. The molecule has 10 nitrogen and oxygen atoms in total. The van der Waals surface area contributed by atoms with E-state index in [1.165, 1.54) is 12.3 Å². The van der Waals surface area contributed by atoms with Gasteiger partial charge in [-0.15, -0.1) is 0 Å². The van der Waals surface area contributed by atoms with Crippen molar-refractivity contribution in [1.82, 2.24) is 13.9 Å². The largest absolute Gasteiger partial charge is 0.452 e. The molecule has 0 aliphatic heterocycles. The summed E-state index contributed by atoms with van der Waals surface area (Å²) in [5, 5.41) is 0.215. The smallest absolute Gasteiger partial charge is 0.236 e. The third kappa shape index (κ3) is 3.98. The van der Waals surface area contributed by atoms with Gasteiger partial charge in [0.1, 0.15) is 5.75 Å². The van der Waals surface area contributed by atoms with E-state index in [-0.39, 0.29) is 39.2 Å². The van der Waals surface area contributed by atoms with E-state index in [1.807, 2.05) is 13.8 Å². The summed E-state index contributed by atoms with van der Waals surface area (Å²) in [6.45, 7) is 3.78. The number of aromatic nitrogens is 3. The van der Waals surface area contributed by atoms with Crippen LogP contribution in [0.4, 0.5) is 11.8 Å². The summed E-state index contributed by atoms with van der Waals surface area (Å²) in [5.41, 5.74) is 12.2. The molecule has 0 fully saturated rings. The monoisotopic (exact) mass is 439 g/mol. The van der Waals surface area contributed by atoms with Crippen molar-refractivity contribution in [1.29, 1.82) is 0 Å². The molecule has 0 spiro atoms. The van der Waals surface area contributed by atoms with Crippen LogP contribution >= 0.6 is 0 Å². The first-order valence-electron chi connectivity index (χ1n) is 8.44. The predicted octanol–water partition coefficient (Wildman–Crippen LogP) is 1.72. The highest BCUT2D eigenvalue weighted by molar-refractivity contribution is 7.91. The number of anilines is 2. The summed E-state index contributed by atoms with van der Waals surface area (Å²) in [5.74, 6) is 0.380. The Bertz CT molecular complexity index is 1330. The molecule has 0 aliphatic rings. The number of nitrogens with two attached hydrogens (primary N) is 2. The number of sulfone groups is 1. The zero-order chi connectivity index (χ0) is 21.7. The maximum atomic E-state index is 12.3. The molecular weight excluding hydrogens is 418 g/mol. The number of fused-ring (bicyclic) bond motifs is 1. The molecule has 3 rings (SSSR count). The van der Waals surface area contributed by atoms with E-state index in [1.54, 1.807) is 6.07 Å². The van der Waals surface area contributed by atoms with E-state index in [0.29, 0.717) is 11.3 Å². The van der Waals surface area contributed by atoms with Crippen LogP contribution in [0.15, 0.2) is 29.4 Å². The van der Waals surface area contributed by atoms with Crippen LogP contribution in [0.3, 0.4) is 0 Å². The fourth-order valence-corrected chi connectivity index (χ4v) is 4.65. The number of benzene rings is 1. The van der Waals surface area contributed by atoms with Crippen LogP contribution in [0.25, 0.3) is 10.9 Å². The van der Waals surface area contributed by atoms with Crippen LogP contribution in [-0.4, -0.2) is 43.3 Å². The highest BCUT2D eigenvalue weighted by Crippen LogP contribution is 2.38. The number of nitrogens with zero attached hydrogens (tertiary/aromatic N) is 3. The van der Waals surface area contributed by atoms with E-state index < -0.39 is 19.9 Å². The van der Waals surface area contributed by atoms with Gasteiger partial charge < -0.3 is 16.2 Å². The maximum Gasteiger partial charge on any atom is 0.236 e. The van der Waals surface area contributed by atoms with E-state index in [9.17, 15) is 16.8 Å². The summed E-state index contributed by atoms with van der Waals surface area (Å²) in [6, 6.07) is 3.08. The second-order valence-corrected chi connectivity index (χ2v) is 10.8. The van der Waals surface area contributed by atoms with Gasteiger partial charge in [0.05, 0.1) is 22.9 Å². The summed E-state index contributed by atoms with van der Waals surface area (Å²) < 4.78 is 55.8. The lowest BCUT2D eigenvalue weighted by atomic mass is 10.0. The van der Waals surface area contributed by atoms with E-state index >= 15 is 0 Å². The lowest BCUT2D eigenvalue weighted by Gasteiger charge is -2.16. The quantitative estimate of drug-likeness (QED) is 0.603. The minimum atomic E-state index is -3.74. The Labute approximate surface area is 168 Å². The van der Waals surface area contributed by atoms with Crippen molar-refractivity contribution in [2.45, 2.75) is 24.7 Å². The predicted molar refractivity (Wildman–Crippen MR) is 110 cm³/mol. The van der Waals surface area contributed by atoms with Crippen LogP contribution in [-0.2, 0) is 19.9 Å².